The van der Waals surface area contributed by atoms with E-state index in [1.807, 2.05) is 31.2 Å². The summed E-state index contributed by atoms with van der Waals surface area (Å²) in [5.41, 5.74) is 2.05. The zero-order valence-corrected chi connectivity index (χ0v) is 23.7. The Morgan fingerprint density at radius 1 is 1.10 bits per heavy atom. The summed E-state index contributed by atoms with van der Waals surface area (Å²) in [6.45, 7) is 2.07. The molecule has 0 unspecified atom stereocenters. The second kappa shape index (κ2) is 11.9. The summed E-state index contributed by atoms with van der Waals surface area (Å²) >= 11 is 1.24. The molecule has 214 valence electrons. The Hall–Kier alpha value is -3.86. The standard InChI is InChI=1S/C30H33N5O5S/c1-2-25(28(37)32-19-12-14-23-24(16-19)40-17-39-23)41-30-34-21-11-7-6-10-20(21)27-33-22(29(38)35(27)30)13-15-26(36)31-18-8-4-3-5-9-18/h6-7,10-12,14,16,18,22,25H,2-5,8-9,13,15,17H2,1H3,(H,31,36)(H,32,37)/t22-,25+/m0/s1. The average molecular weight is 576 g/mol. The van der Waals surface area contributed by atoms with Crippen molar-refractivity contribution in [2.24, 2.45) is 9.98 Å². The number of amidine groups is 2. The van der Waals surface area contributed by atoms with Crippen LogP contribution in [-0.2, 0) is 14.4 Å². The van der Waals surface area contributed by atoms with Crippen molar-refractivity contribution >= 4 is 51.9 Å². The molecule has 11 heteroatoms. The maximum atomic E-state index is 13.7. The molecule has 3 heterocycles. The van der Waals surface area contributed by atoms with Gasteiger partial charge in [0, 0.05) is 29.8 Å². The topological polar surface area (TPSA) is 122 Å². The largest absolute Gasteiger partial charge is 0.454 e. The first-order chi connectivity index (χ1) is 20.0. The molecule has 0 bridgehead atoms. The van der Waals surface area contributed by atoms with Crippen LogP contribution in [0.3, 0.4) is 0 Å². The first-order valence-corrected chi connectivity index (χ1v) is 15.1. The average Bonchev–Trinajstić information content (AvgIpc) is 3.59. The fraction of sp³-hybridized carbons (Fsp3) is 0.433. The molecule has 10 nitrogen and oxygen atoms in total. The Kier molecular flexibility index (Phi) is 7.95. The third-order valence-electron chi connectivity index (χ3n) is 7.71. The van der Waals surface area contributed by atoms with Gasteiger partial charge in [0.1, 0.15) is 11.9 Å². The molecule has 0 spiro atoms. The molecule has 41 heavy (non-hydrogen) atoms. The van der Waals surface area contributed by atoms with Gasteiger partial charge in [-0.1, -0.05) is 50.1 Å². The van der Waals surface area contributed by atoms with E-state index >= 15 is 0 Å². The van der Waals surface area contributed by atoms with E-state index < -0.39 is 11.3 Å². The first kappa shape index (κ1) is 27.3. The first-order valence-electron chi connectivity index (χ1n) is 14.3. The molecule has 6 rings (SSSR count). The number of thioether (sulfide) groups is 1. The third-order valence-corrected chi connectivity index (χ3v) is 9.03. The monoisotopic (exact) mass is 575 g/mol. The normalized spacial score (nSPS) is 20.1. The molecule has 0 radical (unpaired) electrons. The van der Waals surface area contributed by atoms with Crippen molar-refractivity contribution in [3.05, 3.63) is 48.0 Å². The van der Waals surface area contributed by atoms with Crippen LogP contribution in [0.2, 0.25) is 0 Å². The molecular weight excluding hydrogens is 542 g/mol. The number of benzene rings is 2. The predicted molar refractivity (Wildman–Crippen MR) is 158 cm³/mol. The number of para-hydroxylation sites is 1. The van der Waals surface area contributed by atoms with Gasteiger partial charge in [0.2, 0.25) is 18.6 Å². The Morgan fingerprint density at radius 2 is 1.90 bits per heavy atom. The van der Waals surface area contributed by atoms with Crippen LogP contribution in [0.5, 0.6) is 11.5 Å². The molecular formula is C30H33N5O5S. The van der Waals surface area contributed by atoms with Crippen LogP contribution in [0.1, 0.15) is 63.9 Å². The maximum Gasteiger partial charge on any atom is 0.259 e. The van der Waals surface area contributed by atoms with Crippen LogP contribution in [0.25, 0.3) is 0 Å². The van der Waals surface area contributed by atoms with E-state index in [0.29, 0.717) is 46.7 Å². The van der Waals surface area contributed by atoms with E-state index in [1.54, 1.807) is 18.2 Å². The van der Waals surface area contributed by atoms with Gasteiger partial charge in [-0.25, -0.2) is 9.89 Å². The summed E-state index contributed by atoms with van der Waals surface area (Å²) in [5.74, 6) is 1.27. The van der Waals surface area contributed by atoms with Crippen molar-refractivity contribution in [3.8, 4) is 11.5 Å². The Bertz CT molecular complexity index is 1420. The molecule has 2 atom stereocenters. The second-order valence-electron chi connectivity index (χ2n) is 10.6. The number of anilines is 1. The van der Waals surface area contributed by atoms with Gasteiger partial charge in [0.25, 0.3) is 5.91 Å². The van der Waals surface area contributed by atoms with Crippen molar-refractivity contribution < 1.29 is 23.9 Å². The molecule has 0 saturated heterocycles. The lowest BCUT2D eigenvalue weighted by Crippen LogP contribution is -2.43. The van der Waals surface area contributed by atoms with Crippen molar-refractivity contribution in [3.63, 3.8) is 0 Å². The van der Waals surface area contributed by atoms with Gasteiger partial charge in [-0.2, -0.15) is 0 Å². The molecule has 3 aliphatic heterocycles. The highest BCUT2D eigenvalue weighted by Gasteiger charge is 2.42. The number of carbonyl (C=O) groups excluding carboxylic acids is 3. The highest BCUT2D eigenvalue weighted by atomic mass is 32.2. The highest BCUT2D eigenvalue weighted by molar-refractivity contribution is 8.15. The van der Waals surface area contributed by atoms with E-state index in [0.717, 1.165) is 31.2 Å². The number of amides is 3. The zero-order chi connectivity index (χ0) is 28.3. The lowest BCUT2D eigenvalue weighted by Gasteiger charge is -2.27. The molecule has 2 aromatic rings. The van der Waals surface area contributed by atoms with Crippen LogP contribution < -0.4 is 20.1 Å². The summed E-state index contributed by atoms with van der Waals surface area (Å²) in [5, 5.41) is 5.97. The van der Waals surface area contributed by atoms with Crippen molar-refractivity contribution in [2.75, 3.05) is 12.1 Å². The highest BCUT2D eigenvalue weighted by Crippen LogP contribution is 2.37. The van der Waals surface area contributed by atoms with Gasteiger partial charge in [-0.05, 0) is 49.9 Å². The van der Waals surface area contributed by atoms with Gasteiger partial charge >= 0.3 is 0 Å². The molecule has 0 aromatic heterocycles. The van der Waals surface area contributed by atoms with Crippen LogP contribution >= 0.6 is 11.8 Å². The number of ether oxygens (including phenoxy) is 2. The Labute approximate surface area is 243 Å². The SMILES string of the molecule is CC[C@@H](SC1=Nc2ccccc2C2=N[C@@H](CCC(=O)NC3CCCCC3)C(=O)N12)C(=O)Nc1ccc2c(c1)OCO2. The van der Waals surface area contributed by atoms with E-state index in [9.17, 15) is 14.4 Å². The predicted octanol–water partition coefficient (Wildman–Crippen LogP) is 4.75. The minimum Gasteiger partial charge on any atom is -0.454 e. The summed E-state index contributed by atoms with van der Waals surface area (Å²) in [4.78, 5) is 50.7. The second-order valence-corrected chi connectivity index (χ2v) is 11.7. The van der Waals surface area contributed by atoms with Crippen molar-refractivity contribution in [1.29, 1.82) is 0 Å². The lowest BCUT2D eigenvalue weighted by atomic mass is 9.95. The van der Waals surface area contributed by atoms with E-state index in [4.69, 9.17) is 19.5 Å². The van der Waals surface area contributed by atoms with Crippen molar-refractivity contribution in [2.45, 2.75) is 75.6 Å². The number of nitrogens with zero attached hydrogens (tertiary/aromatic N) is 3. The zero-order valence-electron chi connectivity index (χ0n) is 22.9. The molecule has 4 aliphatic rings. The van der Waals surface area contributed by atoms with Gasteiger partial charge in [0.15, 0.2) is 16.7 Å². The molecule has 3 amide bonds. The number of rotatable bonds is 8. The number of fused-ring (bicyclic) bond motifs is 4. The van der Waals surface area contributed by atoms with E-state index in [-0.39, 0.29) is 37.0 Å². The minimum absolute atomic E-state index is 0.0373. The fourth-order valence-electron chi connectivity index (χ4n) is 5.53. The smallest absolute Gasteiger partial charge is 0.259 e. The Morgan fingerprint density at radius 3 is 2.73 bits per heavy atom. The van der Waals surface area contributed by atoms with Gasteiger partial charge in [0.05, 0.1) is 10.9 Å². The maximum absolute atomic E-state index is 13.7. The third kappa shape index (κ3) is 5.81. The van der Waals surface area contributed by atoms with E-state index in [1.165, 1.54) is 23.1 Å². The number of nitrogens with one attached hydrogen (secondary N) is 2. The summed E-state index contributed by atoms with van der Waals surface area (Å²) in [6.07, 6.45) is 6.59. The van der Waals surface area contributed by atoms with Gasteiger partial charge in [-0.3, -0.25) is 19.4 Å². The quantitative estimate of drug-likeness (QED) is 0.469. The number of aliphatic imine (C=N–C) groups is 2. The van der Waals surface area contributed by atoms with Crippen LogP contribution in [0, 0.1) is 0 Å². The summed E-state index contributed by atoms with van der Waals surface area (Å²) in [7, 11) is 0. The van der Waals surface area contributed by atoms with Crippen LogP contribution in [0.15, 0.2) is 52.4 Å². The Balaban J connectivity index is 1.16. The summed E-state index contributed by atoms with van der Waals surface area (Å²) < 4.78 is 10.8. The van der Waals surface area contributed by atoms with Gasteiger partial charge in [-0.15, -0.1) is 0 Å². The molecule has 2 aromatic carbocycles. The van der Waals surface area contributed by atoms with Crippen molar-refractivity contribution in [1.82, 2.24) is 10.2 Å². The molecule has 1 fully saturated rings. The number of hydrogen-bond acceptors (Lipinski definition) is 8. The van der Waals surface area contributed by atoms with Gasteiger partial charge < -0.3 is 20.1 Å². The molecule has 1 aliphatic carbocycles. The minimum atomic E-state index is -0.679. The molecule has 2 N–H and O–H groups in total. The number of carbonyl (C=O) groups is 3. The van der Waals surface area contributed by atoms with Crippen LogP contribution in [-0.4, -0.2) is 57.8 Å². The van der Waals surface area contributed by atoms with Crippen LogP contribution in [0.4, 0.5) is 11.4 Å². The molecule has 1 saturated carbocycles. The summed E-state index contributed by atoms with van der Waals surface area (Å²) in [6, 6.07) is 12.3. The fourth-order valence-corrected chi connectivity index (χ4v) is 6.55. The van der Waals surface area contributed by atoms with E-state index in [2.05, 4.69) is 10.6 Å². The number of hydrogen-bond donors (Lipinski definition) is 2. The lowest BCUT2D eigenvalue weighted by molar-refractivity contribution is -0.125.